The molecule has 0 saturated heterocycles. The summed E-state index contributed by atoms with van der Waals surface area (Å²) < 4.78 is 0. The number of aromatic nitrogens is 1. The molecule has 7 nitrogen and oxygen atoms in total. The van der Waals surface area contributed by atoms with E-state index in [-0.39, 0.29) is 12.6 Å². The lowest BCUT2D eigenvalue weighted by Gasteiger charge is -2.24. The Morgan fingerprint density at radius 1 is 1.26 bits per heavy atom. The van der Waals surface area contributed by atoms with Crippen molar-refractivity contribution in [2.24, 2.45) is 0 Å². The van der Waals surface area contributed by atoms with Crippen LogP contribution >= 0.6 is 0 Å². The first-order chi connectivity index (χ1) is 10.9. The number of hydrogen-bond donors (Lipinski definition) is 3. The molecule has 3 N–H and O–H groups in total. The van der Waals surface area contributed by atoms with Gasteiger partial charge in [-0.15, -0.1) is 0 Å². The van der Waals surface area contributed by atoms with Crippen LogP contribution in [0.4, 0.5) is 0 Å². The Kier molecular flexibility index (Phi) is 5.00. The average molecular weight is 317 g/mol. The summed E-state index contributed by atoms with van der Waals surface area (Å²) in [7, 11) is 0. The molecule has 0 unspecified atom stereocenters. The van der Waals surface area contributed by atoms with Crippen LogP contribution < -0.4 is 5.32 Å². The first-order valence-corrected chi connectivity index (χ1v) is 7.25. The molecule has 0 radical (unpaired) electrons. The van der Waals surface area contributed by atoms with Gasteiger partial charge in [0.15, 0.2) is 0 Å². The summed E-state index contributed by atoms with van der Waals surface area (Å²) in [5, 5.41) is 12.2. The van der Waals surface area contributed by atoms with Crippen molar-refractivity contribution in [3.05, 3.63) is 36.0 Å². The molecule has 2 rings (SSSR count). The molecule has 0 saturated carbocycles. The molecular weight excluding hydrogens is 298 g/mol. The Labute approximate surface area is 133 Å². The van der Waals surface area contributed by atoms with Crippen molar-refractivity contribution in [2.45, 2.75) is 19.9 Å². The molecule has 23 heavy (non-hydrogen) atoms. The van der Waals surface area contributed by atoms with E-state index in [1.54, 1.807) is 19.9 Å². The Balaban J connectivity index is 1.99. The fourth-order valence-corrected chi connectivity index (χ4v) is 2.25. The molecule has 2 aromatic rings. The van der Waals surface area contributed by atoms with Gasteiger partial charge in [0.05, 0.1) is 6.54 Å². The maximum atomic E-state index is 12.1. The van der Waals surface area contributed by atoms with Crippen molar-refractivity contribution in [1.82, 2.24) is 15.2 Å². The molecule has 0 atom stereocenters. The number of aliphatic carboxylic acids is 1. The van der Waals surface area contributed by atoms with E-state index < -0.39 is 24.3 Å². The van der Waals surface area contributed by atoms with E-state index in [0.29, 0.717) is 5.69 Å². The molecule has 2 amide bonds. The van der Waals surface area contributed by atoms with Crippen molar-refractivity contribution in [1.29, 1.82) is 0 Å². The third kappa shape index (κ3) is 4.09. The second kappa shape index (κ2) is 6.95. The standard InChI is InChI=1S/C16H19N3O4/c1-10(2)19(9-15(21)22)14(20)8-17-16(23)13-7-11-5-3-4-6-12(11)18-13/h3-7,10,18H,8-9H2,1-2H3,(H,17,23)(H,21,22). The third-order valence-corrected chi connectivity index (χ3v) is 3.42. The number of carboxylic acids is 1. The van der Waals surface area contributed by atoms with Crippen LogP contribution in [-0.2, 0) is 9.59 Å². The summed E-state index contributed by atoms with van der Waals surface area (Å²) in [6.45, 7) is 2.80. The number of carbonyl (C=O) groups is 3. The summed E-state index contributed by atoms with van der Waals surface area (Å²) in [6, 6.07) is 8.89. The zero-order valence-electron chi connectivity index (χ0n) is 13.0. The number of H-pyrrole nitrogens is 1. The first-order valence-electron chi connectivity index (χ1n) is 7.25. The van der Waals surface area contributed by atoms with Crippen LogP contribution in [0.5, 0.6) is 0 Å². The van der Waals surface area contributed by atoms with E-state index >= 15 is 0 Å². The van der Waals surface area contributed by atoms with Crippen molar-refractivity contribution in [2.75, 3.05) is 13.1 Å². The molecule has 0 aliphatic carbocycles. The van der Waals surface area contributed by atoms with E-state index in [2.05, 4.69) is 10.3 Å². The Bertz CT molecular complexity index is 703. The zero-order valence-corrected chi connectivity index (χ0v) is 13.0. The summed E-state index contributed by atoms with van der Waals surface area (Å²) in [5.74, 6) is -1.94. The minimum atomic E-state index is -1.09. The van der Waals surface area contributed by atoms with Crippen LogP contribution in [0.3, 0.4) is 0 Å². The first kappa shape index (κ1) is 16.5. The quantitative estimate of drug-likeness (QED) is 0.745. The zero-order chi connectivity index (χ0) is 17.0. The number of amides is 2. The summed E-state index contributed by atoms with van der Waals surface area (Å²) >= 11 is 0. The van der Waals surface area contributed by atoms with Crippen LogP contribution in [0.1, 0.15) is 24.3 Å². The molecule has 1 aromatic carbocycles. The Hall–Kier alpha value is -2.83. The van der Waals surface area contributed by atoms with E-state index in [9.17, 15) is 14.4 Å². The minimum Gasteiger partial charge on any atom is -0.480 e. The maximum absolute atomic E-state index is 12.1. The van der Waals surface area contributed by atoms with E-state index in [1.807, 2.05) is 24.3 Å². The largest absolute Gasteiger partial charge is 0.480 e. The number of carbonyl (C=O) groups excluding carboxylic acids is 2. The van der Waals surface area contributed by atoms with Crippen molar-refractivity contribution < 1.29 is 19.5 Å². The molecule has 0 bridgehead atoms. The molecule has 122 valence electrons. The van der Waals surface area contributed by atoms with Crippen molar-refractivity contribution in [3.63, 3.8) is 0 Å². The van der Waals surface area contributed by atoms with Gasteiger partial charge in [-0.2, -0.15) is 0 Å². The minimum absolute atomic E-state index is 0.250. The normalized spacial score (nSPS) is 10.7. The number of para-hydroxylation sites is 1. The average Bonchev–Trinajstić information content (AvgIpc) is 2.93. The van der Waals surface area contributed by atoms with Gasteiger partial charge < -0.3 is 20.3 Å². The lowest BCUT2D eigenvalue weighted by Crippen LogP contribution is -2.46. The van der Waals surface area contributed by atoms with Crippen LogP contribution in [0, 0.1) is 0 Å². The van der Waals surface area contributed by atoms with Gasteiger partial charge in [-0.05, 0) is 26.0 Å². The maximum Gasteiger partial charge on any atom is 0.323 e. The van der Waals surface area contributed by atoms with Crippen LogP contribution in [0.15, 0.2) is 30.3 Å². The molecule has 0 aliphatic heterocycles. The van der Waals surface area contributed by atoms with Crippen LogP contribution in [0.2, 0.25) is 0 Å². The Morgan fingerprint density at radius 3 is 2.57 bits per heavy atom. The molecular formula is C16H19N3O4. The lowest BCUT2D eigenvalue weighted by molar-refractivity contribution is -0.145. The monoisotopic (exact) mass is 317 g/mol. The van der Waals surface area contributed by atoms with Gasteiger partial charge in [-0.3, -0.25) is 14.4 Å². The topological polar surface area (TPSA) is 102 Å². The lowest BCUT2D eigenvalue weighted by atomic mass is 10.2. The summed E-state index contributed by atoms with van der Waals surface area (Å²) in [6.07, 6.45) is 0. The van der Waals surface area contributed by atoms with E-state index in [0.717, 1.165) is 10.9 Å². The van der Waals surface area contributed by atoms with Crippen LogP contribution in [-0.4, -0.2) is 51.9 Å². The number of rotatable bonds is 6. The van der Waals surface area contributed by atoms with Gasteiger partial charge >= 0.3 is 5.97 Å². The number of fused-ring (bicyclic) bond motifs is 1. The highest BCUT2D eigenvalue weighted by atomic mass is 16.4. The highest BCUT2D eigenvalue weighted by molar-refractivity contribution is 5.99. The number of hydrogen-bond acceptors (Lipinski definition) is 3. The molecule has 0 aliphatic rings. The highest BCUT2D eigenvalue weighted by Gasteiger charge is 2.20. The van der Waals surface area contributed by atoms with E-state index in [1.165, 1.54) is 4.90 Å². The van der Waals surface area contributed by atoms with Gasteiger partial charge in [-0.1, -0.05) is 18.2 Å². The number of aromatic amines is 1. The number of nitrogens with one attached hydrogen (secondary N) is 2. The second-order valence-corrected chi connectivity index (χ2v) is 5.46. The SMILES string of the molecule is CC(C)N(CC(=O)O)C(=O)CNC(=O)c1cc2ccccc2[nH]1. The smallest absolute Gasteiger partial charge is 0.323 e. The van der Waals surface area contributed by atoms with Crippen molar-refractivity contribution >= 4 is 28.7 Å². The summed E-state index contributed by atoms with van der Waals surface area (Å²) in [4.78, 5) is 39.1. The van der Waals surface area contributed by atoms with Crippen LogP contribution in [0.25, 0.3) is 10.9 Å². The fourth-order valence-electron chi connectivity index (χ4n) is 2.25. The van der Waals surface area contributed by atoms with Gasteiger partial charge in [0.25, 0.3) is 5.91 Å². The van der Waals surface area contributed by atoms with E-state index in [4.69, 9.17) is 5.11 Å². The van der Waals surface area contributed by atoms with Gasteiger partial charge in [0.1, 0.15) is 12.2 Å². The molecule has 0 fully saturated rings. The Morgan fingerprint density at radius 2 is 1.96 bits per heavy atom. The third-order valence-electron chi connectivity index (χ3n) is 3.42. The second-order valence-electron chi connectivity index (χ2n) is 5.46. The summed E-state index contributed by atoms with van der Waals surface area (Å²) in [5.41, 5.74) is 1.19. The van der Waals surface area contributed by atoms with Gasteiger partial charge in [0.2, 0.25) is 5.91 Å². The fraction of sp³-hybridized carbons (Fsp3) is 0.312. The molecule has 0 spiro atoms. The number of carboxylic acid groups (broad SMARTS) is 1. The predicted molar refractivity (Wildman–Crippen MR) is 85.1 cm³/mol. The van der Waals surface area contributed by atoms with Gasteiger partial charge in [0, 0.05) is 16.9 Å². The van der Waals surface area contributed by atoms with Gasteiger partial charge in [-0.25, -0.2) is 0 Å². The molecule has 7 heteroatoms. The molecule has 1 heterocycles. The van der Waals surface area contributed by atoms with Crippen molar-refractivity contribution in [3.8, 4) is 0 Å². The highest BCUT2D eigenvalue weighted by Crippen LogP contribution is 2.14. The number of benzene rings is 1. The molecule has 1 aromatic heterocycles. The predicted octanol–water partition coefficient (Wildman–Crippen LogP) is 1.22. The number of nitrogens with zero attached hydrogens (tertiary/aromatic N) is 1.